The van der Waals surface area contributed by atoms with Gasteiger partial charge in [0.05, 0.1) is 25.0 Å². The van der Waals surface area contributed by atoms with E-state index in [4.69, 9.17) is 4.74 Å². The van der Waals surface area contributed by atoms with E-state index in [1.165, 1.54) is 27.9 Å². The fourth-order valence-corrected chi connectivity index (χ4v) is 6.15. The number of carbonyl (C=O) groups excluding carboxylic acids is 1. The van der Waals surface area contributed by atoms with Crippen LogP contribution in [0.1, 0.15) is 12.8 Å². The molecule has 8 nitrogen and oxygen atoms in total. The largest absolute Gasteiger partial charge is 0.616 e. The molecular formula is C20H23F2N5O3S. The number of rotatable bonds is 4. The lowest BCUT2D eigenvalue weighted by Crippen LogP contribution is -2.27. The minimum absolute atomic E-state index is 0.0512. The molecule has 166 valence electrons. The topological polar surface area (TPSA) is 86.6 Å². The zero-order valence-corrected chi connectivity index (χ0v) is 17.6. The van der Waals surface area contributed by atoms with Crippen LogP contribution in [-0.4, -0.2) is 62.9 Å². The Labute approximate surface area is 181 Å². The molecule has 2 aromatic rings. The van der Waals surface area contributed by atoms with E-state index in [0.29, 0.717) is 43.0 Å². The summed E-state index contributed by atoms with van der Waals surface area (Å²) >= 11 is -0.778. The van der Waals surface area contributed by atoms with Gasteiger partial charge in [-0.3, -0.25) is 4.90 Å². The Balaban J connectivity index is 1.31. The van der Waals surface area contributed by atoms with E-state index in [-0.39, 0.29) is 17.9 Å². The average Bonchev–Trinajstić information content (AvgIpc) is 3.43. The van der Waals surface area contributed by atoms with Crippen LogP contribution >= 0.6 is 0 Å². The van der Waals surface area contributed by atoms with Gasteiger partial charge in [0.2, 0.25) is 0 Å². The highest BCUT2D eigenvalue weighted by atomic mass is 32.2. The van der Waals surface area contributed by atoms with Gasteiger partial charge < -0.3 is 14.2 Å². The molecule has 0 saturated carbocycles. The first-order valence-electron chi connectivity index (χ1n) is 10.4. The van der Waals surface area contributed by atoms with Gasteiger partial charge in [0.1, 0.15) is 23.3 Å². The third-order valence-electron chi connectivity index (χ3n) is 6.38. The van der Waals surface area contributed by atoms with Gasteiger partial charge in [0.15, 0.2) is 11.6 Å². The van der Waals surface area contributed by atoms with Crippen LogP contribution in [-0.2, 0) is 22.5 Å². The number of nitrogens with zero attached hydrogens (tertiary/aromatic N) is 5. The van der Waals surface area contributed by atoms with Crippen LogP contribution in [0.15, 0.2) is 24.5 Å². The summed E-state index contributed by atoms with van der Waals surface area (Å²) in [6.45, 7) is 1.59. The molecule has 0 N–H and O–H groups in total. The minimum Gasteiger partial charge on any atom is -0.616 e. The fraction of sp³-hybridized carbons (Fsp3) is 0.550. The van der Waals surface area contributed by atoms with Gasteiger partial charge in [0, 0.05) is 31.4 Å². The van der Waals surface area contributed by atoms with E-state index in [1.54, 1.807) is 11.1 Å². The molecule has 0 spiro atoms. The summed E-state index contributed by atoms with van der Waals surface area (Å²) in [5, 5.41) is 7.55. The number of carbonyl (C=O) groups is 1. The summed E-state index contributed by atoms with van der Waals surface area (Å²) in [4.78, 5) is 15.3. The summed E-state index contributed by atoms with van der Waals surface area (Å²) < 4.78 is 48.7. The van der Waals surface area contributed by atoms with Crippen LogP contribution in [0.5, 0.6) is 0 Å². The molecular weight excluding hydrogens is 428 g/mol. The van der Waals surface area contributed by atoms with E-state index in [2.05, 4.69) is 10.3 Å². The number of hydrogen-bond donors (Lipinski definition) is 0. The Morgan fingerprint density at radius 3 is 2.42 bits per heavy atom. The number of halogens is 2. The van der Waals surface area contributed by atoms with E-state index < -0.39 is 35.0 Å². The van der Waals surface area contributed by atoms with Crippen LogP contribution in [0.3, 0.4) is 0 Å². The van der Waals surface area contributed by atoms with Gasteiger partial charge in [-0.1, -0.05) is 16.4 Å². The molecule has 1 amide bonds. The van der Waals surface area contributed by atoms with Crippen molar-refractivity contribution in [2.45, 2.75) is 25.5 Å². The van der Waals surface area contributed by atoms with Crippen molar-refractivity contribution in [1.29, 1.82) is 0 Å². The molecule has 1 aromatic heterocycles. The molecule has 0 bridgehead atoms. The maximum Gasteiger partial charge on any atom is 0.414 e. The predicted octanol–water partition coefficient (Wildman–Crippen LogP) is 2.18. The van der Waals surface area contributed by atoms with Crippen molar-refractivity contribution in [3.05, 3.63) is 36.2 Å². The van der Waals surface area contributed by atoms with Gasteiger partial charge in [0.25, 0.3) is 0 Å². The number of ether oxygens (including phenoxy) is 1. The van der Waals surface area contributed by atoms with Crippen LogP contribution < -0.4 is 9.80 Å². The lowest BCUT2D eigenvalue weighted by atomic mass is 9.92. The number of aromatic nitrogens is 3. The predicted molar refractivity (Wildman–Crippen MR) is 110 cm³/mol. The molecule has 31 heavy (non-hydrogen) atoms. The first-order valence-corrected chi connectivity index (χ1v) is 11.9. The van der Waals surface area contributed by atoms with Crippen molar-refractivity contribution in [1.82, 2.24) is 15.0 Å². The smallest absolute Gasteiger partial charge is 0.414 e. The van der Waals surface area contributed by atoms with E-state index in [0.717, 1.165) is 12.8 Å². The second-order valence-electron chi connectivity index (χ2n) is 8.35. The molecule has 3 fully saturated rings. The fourth-order valence-electron chi connectivity index (χ4n) is 4.82. The number of benzene rings is 1. The van der Waals surface area contributed by atoms with Crippen LogP contribution in [0, 0.1) is 23.5 Å². The molecule has 3 aliphatic rings. The van der Waals surface area contributed by atoms with E-state index >= 15 is 8.78 Å². The Kier molecular flexibility index (Phi) is 5.47. The van der Waals surface area contributed by atoms with E-state index in [9.17, 15) is 9.35 Å². The van der Waals surface area contributed by atoms with Crippen LogP contribution in [0.25, 0.3) is 0 Å². The Bertz CT molecular complexity index is 923. The molecule has 3 aliphatic heterocycles. The number of fused-ring (bicyclic) bond motifs is 1. The minimum atomic E-state index is -0.778. The maximum atomic E-state index is 15.0. The molecule has 5 rings (SSSR count). The lowest BCUT2D eigenvalue weighted by Gasteiger charge is -2.22. The SMILES string of the molecule is O=C1O[C@@H](Cn2ccnn2)CN1c1cc(F)c(N2CC3CC[S+]([O-])CCC3C2)c(F)c1. The maximum absolute atomic E-state index is 15.0. The quantitative estimate of drug-likeness (QED) is 0.663. The Morgan fingerprint density at radius 1 is 1.13 bits per heavy atom. The van der Waals surface area contributed by atoms with Gasteiger partial charge >= 0.3 is 6.09 Å². The van der Waals surface area contributed by atoms with Gasteiger partial charge in [-0.05, 0) is 24.7 Å². The molecule has 3 atom stereocenters. The Hall–Kier alpha value is -2.40. The highest BCUT2D eigenvalue weighted by Gasteiger charge is 2.39. The first kappa shape index (κ1) is 20.5. The molecule has 0 radical (unpaired) electrons. The monoisotopic (exact) mass is 451 g/mol. The molecule has 0 aliphatic carbocycles. The Morgan fingerprint density at radius 2 is 1.81 bits per heavy atom. The summed E-state index contributed by atoms with van der Waals surface area (Å²) in [5.74, 6) is 0.537. The second kappa shape index (κ2) is 8.27. The van der Waals surface area contributed by atoms with Crippen LogP contribution in [0.4, 0.5) is 25.0 Å². The highest BCUT2D eigenvalue weighted by molar-refractivity contribution is 7.91. The summed E-state index contributed by atoms with van der Waals surface area (Å²) in [7, 11) is 0. The van der Waals surface area contributed by atoms with Crippen LogP contribution in [0.2, 0.25) is 0 Å². The third-order valence-corrected chi connectivity index (χ3v) is 7.76. The first-order chi connectivity index (χ1) is 15.0. The third kappa shape index (κ3) is 4.08. The summed E-state index contributed by atoms with van der Waals surface area (Å²) in [6, 6.07) is 2.39. The van der Waals surface area contributed by atoms with Crippen molar-refractivity contribution in [3.8, 4) is 0 Å². The summed E-state index contributed by atoms with van der Waals surface area (Å²) in [6.07, 6.45) is 3.68. The van der Waals surface area contributed by atoms with Gasteiger partial charge in [-0.2, -0.15) is 0 Å². The van der Waals surface area contributed by atoms with Crippen molar-refractivity contribution in [3.63, 3.8) is 0 Å². The number of amides is 1. The lowest BCUT2D eigenvalue weighted by molar-refractivity contribution is 0.129. The number of cyclic esters (lactones) is 1. The molecule has 11 heteroatoms. The number of anilines is 2. The molecule has 4 heterocycles. The van der Waals surface area contributed by atoms with Crippen molar-refractivity contribution in [2.24, 2.45) is 11.8 Å². The van der Waals surface area contributed by atoms with Crippen molar-refractivity contribution in [2.75, 3.05) is 40.9 Å². The number of hydrogen-bond acceptors (Lipinski definition) is 6. The molecule has 1 aromatic carbocycles. The standard InChI is InChI=1S/C20H23F2N5O3S/c21-17-7-15(27-12-16(30-20(27)28)11-26-4-3-23-24-26)8-18(22)19(17)25-9-13-1-5-31(29)6-2-14(13)10-25/h3-4,7-8,13-14,16H,1-2,5-6,9-12H2/t13?,14?,16-,31?/m0/s1. The highest BCUT2D eigenvalue weighted by Crippen LogP contribution is 2.38. The zero-order chi connectivity index (χ0) is 21.5. The van der Waals surface area contributed by atoms with Crippen molar-refractivity contribution >= 4 is 28.6 Å². The molecule has 3 saturated heterocycles. The zero-order valence-electron chi connectivity index (χ0n) is 16.8. The average molecular weight is 451 g/mol. The van der Waals surface area contributed by atoms with Gasteiger partial charge in [-0.25, -0.2) is 18.3 Å². The molecule has 2 unspecified atom stereocenters. The van der Waals surface area contributed by atoms with Gasteiger partial charge in [-0.15, -0.1) is 5.10 Å². The second-order valence-corrected chi connectivity index (χ2v) is 10.0. The van der Waals surface area contributed by atoms with E-state index in [1.807, 2.05) is 0 Å². The normalized spacial score (nSPS) is 28.5. The van der Waals surface area contributed by atoms with Crippen molar-refractivity contribution < 1.29 is 22.9 Å². The summed E-state index contributed by atoms with van der Waals surface area (Å²) in [5.41, 5.74) is 0.0818.